The number of hydrogen-bond donors (Lipinski definition) is 0. The Hall–Kier alpha value is -2.74. The second-order valence-corrected chi connectivity index (χ2v) is 6.87. The molecule has 0 aliphatic heterocycles. The first-order valence-electron chi connectivity index (χ1n) is 7.05. The molecule has 0 saturated carbocycles. The van der Waals surface area contributed by atoms with Crippen LogP contribution in [-0.2, 0) is 0 Å². The highest BCUT2D eigenvalue weighted by Crippen LogP contribution is 2.36. The Kier molecular flexibility index (Phi) is 4.85. The molecule has 118 valence electrons. The summed E-state index contributed by atoms with van der Waals surface area (Å²) in [5.41, 5.74) is 0.915. The summed E-state index contributed by atoms with van der Waals surface area (Å²) in [6.07, 6.45) is 1.41. The number of allylic oxidation sites excluding steroid dienone is 1. The quantitative estimate of drug-likeness (QED) is 0.609. The third kappa shape index (κ3) is 3.60. The van der Waals surface area contributed by atoms with Gasteiger partial charge in [0.05, 0.1) is 16.8 Å². The first-order chi connectivity index (χ1) is 11.7. The van der Waals surface area contributed by atoms with Crippen LogP contribution >= 0.6 is 23.1 Å². The first kappa shape index (κ1) is 16.1. The van der Waals surface area contributed by atoms with Crippen molar-refractivity contribution in [2.24, 2.45) is 0 Å². The summed E-state index contributed by atoms with van der Waals surface area (Å²) < 4.78 is 13.0. The second kappa shape index (κ2) is 7.22. The predicted molar refractivity (Wildman–Crippen MR) is 92.8 cm³/mol. The molecule has 0 spiro atoms. The Balaban J connectivity index is 1.80. The van der Waals surface area contributed by atoms with Crippen LogP contribution in [0.5, 0.6) is 5.75 Å². The Bertz CT molecular complexity index is 973. The van der Waals surface area contributed by atoms with E-state index in [1.807, 2.05) is 25.1 Å². The molecule has 0 aliphatic carbocycles. The van der Waals surface area contributed by atoms with Crippen LogP contribution < -0.4 is 4.74 Å². The van der Waals surface area contributed by atoms with Gasteiger partial charge in [-0.2, -0.15) is 10.5 Å². The van der Waals surface area contributed by atoms with Gasteiger partial charge in [0.15, 0.2) is 9.43 Å². The number of rotatable bonds is 5. The van der Waals surface area contributed by atoms with E-state index < -0.39 is 0 Å². The molecule has 2 aromatic heterocycles. The highest BCUT2D eigenvalue weighted by Gasteiger charge is 2.10. The third-order valence-corrected chi connectivity index (χ3v) is 4.97. The van der Waals surface area contributed by atoms with Crippen molar-refractivity contribution in [1.82, 2.24) is 4.98 Å². The average Bonchev–Trinajstić information content (AvgIpc) is 3.19. The Morgan fingerprint density at radius 1 is 1.33 bits per heavy atom. The fraction of sp³-hybridized carbons (Fsp3) is 0.118. The number of hydrogen-bond acceptors (Lipinski definition) is 7. The van der Waals surface area contributed by atoms with Crippen LogP contribution in [0.15, 0.2) is 49.8 Å². The smallest absolute Gasteiger partial charge is 0.167 e. The van der Waals surface area contributed by atoms with E-state index in [1.54, 1.807) is 35.6 Å². The van der Waals surface area contributed by atoms with E-state index in [9.17, 15) is 0 Å². The minimum absolute atomic E-state index is 0.00402. The minimum atomic E-state index is 0.00402. The van der Waals surface area contributed by atoms with Gasteiger partial charge in [-0.3, -0.25) is 0 Å². The number of thiazole rings is 1. The highest BCUT2D eigenvalue weighted by molar-refractivity contribution is 8.01. The van der Waals surface area contributed by atoms with Crippen molar-refractivity contribution < 1.29 is 9.15 Å². The predicted octanol–water partition coefficient (Wildman–Crippen LogP) is 4.87. The fourth-order valence-electron chi connectivity index (χ4n) is 1.97. The van der Waals surface area contributed by atoms with Crippen molar-refractivity contribution in [1.29, 1.82) is 10.5 Å². The zero-order chi connectivity index (χ0) is 16.9. The molecule has 0 N–H and O–H groups in total. The topological polar surface area (TPSA) is 82.8 Å². The number of ether oxygens (including phenoxy) is 1. The van der Waals surface area contributed by atoms with Crippen molar-refractivity contribution >= 4 is 39.4 Å². The lowest BCUT2D eigenvalue weighted by molar-refractivity contribution is 0.341. The van der Waals surface area contributed by atoms with Gasteiger partial charge >= 0.3 is 0 Å². The summed E-state index contributed by atoms with van der Waals surface area (Å²) >= 11 is 2.96. The van der Waals surface area contributed by atoms with E-state index in [0.29, 0.717) is 17.5 Å². The molecule has 1 aromatic carbocycles. The van der Waals surface area contributed by atoms with Crippen molar-refractivity contribution in [2.45, 2.75) is 16.4 Å². The molecule has 0 saturated heterocycles. The molecule has 5 nitrogen and oxygen atoms in total. The summed E-state index contributed by atoms with van der Waals surface area (Å²) in [6.45, 7) is 2.58. The molecule has 0 amide bonds. The fourth-order valence-corrected chi connectivity index (χ4v) is 3.97. The van der Waals surface area contributed by atoms with Gasteiger partial charge in [-0.05, 0) is 49.0 Å². The highest BCUT2D eigenvalue weighted by atomic mass is 32.2. The van der Waals surface area contributed by atoms with Crippen LogP contribution in [0.3, 0.4) is 0 Å². The van der Waals surface area contributed by atoms with Crippen LogP contribution in [-0.4, -0.2) is 11.6 Å². The van der Waals surface area contributed by atoms with E-state index in [0.717, 1.165) is 20.3 Å². The molecular weight excluding hydrogens is 342 g/mol. The zero-order valence-corrected chi connectivity index (χ0v) is 14.3. The van der Waals surface area contributed by atoms with Crippen molar-refractivity contribution in [3.63, 3.8) is 0 Å². The largest absolute Gasteiger partial charge is 0.494 e. The third-order valence-electron chi connectivity index (χ3n) is 2.97. The molecular formula is C17H11N3O2S2. The Labute approximate surface area is 146 Å². The Morgan fingerprint density at radius 2 is 2.17 bits per heavy atom. The summed E-state index contributed by atoms with van der Waals surface area (Å²) in [5.74, 6) is 1.30. The Morgan fingerprint density at radius 3 is 2.92 bits per heavy atom. The summed E-state index contributed by atoms with van der Waals surface area (Å²) in [7, 11) is 0. The van der Waals surface area contributed by atoms with Gasteiger partial charge < -0.3 is 9.15 Å². The standard InChI is InChI=1S/C17H11N3O2S2/c1-2-21-12-3-5-14-15(8-12)23-17(20-14)24-16-6-4-13(22-16)7-11(9-18)10-19/h3-8H,2H2,1H3. The maximum atomic E-state index is 8.76. The van der Waals surface area contributed by atoms with E-state index in [1.165, 1.54) is 17.8 Å². The summed E-state index contributed by atoms with van der Waals surface area (Å²) in [5, 5.41) is 18.2. The molecule has 0 atom stereocenters. The molecule has 0 radical (unpaired) electrons. The van der Waals surface area contributed by atoms with Crippen molar-refractivity contribution in [3.05, 3.63) is 41.7 Å². The molecule has 7 heteroatoms. The first-order valence-corrected chi connectivity index (χ1v) is 8.68. The number of furan rings is 1. The molecule has 3 aromatic rings. The van der Waals surface area contributed by atoms with E-state index in [4.69, 9.17) is 19.7 Å². The SMILES string of the molecule is CCOc1ccc2nc(Sc3ccc(C=C(C#N)C#N)o3)sc2c1. The number of fused-ring (bicyclic) bond motifs is 1. The van der Waals surface area contributed by atoms with Gasteiger partial charge in [-0.1, -0.05) is 0 Å². The number of nitriles is 2. The molecule has 0 bridgehead atoms. The normalized spacial score (nSPS) is 10.1. The van der Waals surface area contributed by atoms with Gasteiger partial charge in [-0.15, -0.1) is 11.3 Å². The van der Waals surface area contributed by atoms with Crippen molar-refractivity contribution in [3.8, 4) is 17.9 Å². The number of nitrogens with zero attached hydrogens (tertiary/aromatic N) is 3. The summed E-state index contributed by atoms with van der Waals surface area (Å²) in [4.78, 5) is 4.56. The van der Waals surface area contributed by atoms with Gasteiger partial charge in [0.2, 0.25) is 0 Å². The lowest BCUT2D eigenvalue weighted by Gasteiger charge is -2.00. The van der Waals surface area contributed by atoms with Crippen molar-refractivity contribution in [2.75, 3.05) is 6.61 Å². The summed E-state index contributed by atoms with van der Waals surface area (Å²) in [6, 6.07) is 12.9. The van der Waals surface area contributed by atoms with Crippen LogP contribution in [0.4, 0.5) is 0 Å². The molecule has 3 rings (SSSR count). The van der Waals surface area contributed by atoms with Gasteiger partial charge in [0.1, 0.15) is 29.2 Å². The maximum absolute atomic E-state index is 8.76. The number of aromatic nitrogens is 1. The molecule has 0 fully saturated rings. The van der Waals surface area contributed by atoms with E-state index in [2.05, 4.69) is 4.98 Å². The van der Waals surface area contributed by atoms with Gasteiger partial charge in [0.25, 0.3) is 0 Å². The van der Waals surface area contributed by atoms with E-state index >= 15 is 0 Å². The lowest BCUT2D eigenvalue weighted by Crippen LogP contribution is -1.89. The van der Waals surface area contributed by atoms with Crippen LogP contribution in [0.2, 0.25) is 0 Å². The lowest BCUT2D eigenvalue weighted by atomic mass is 10.3. The minimum Gasteiger partial charge on any atom is -0.494 e. The number of benzene rings is 1. The van der Waals surface area contributed by atoms with Gasteiger partial charge in [0, 0.05) is 6.08 Å². The molecule has 24 heavy (non-hydrogen) atoms. The van der Waals surface area contributed by atoms with Gasteiger partial charge in [-0.25, -0.2) is 4.98 Å². The second-order valence-electron chi connectivity index (χ2n) is 4.58. The van der Waals surface area contributed by atoms with E-state index in [-0.39, 0.29) is 5.57 Å². The maximum Gasteiger partial charge on any atom is 0.167 e. The monoisotopic (exact) mass is 353 g/mol. The van der Waals surface area contributed by atoms with Crippen LogP contribution in [0.1, 0.15) is 12.7 Å². The molecule has 0 aliphatic rings. The van der Waals surface area contributed by atoms with Crippen LogP contribution in [0, 0.1) is 22.7 Å². The molecule has 2 heterocycles. The average molecular weight is 353 g/mol. The zero-order valence-electron chi connectivity index (χ0n) is 12.6. The molecule has 0 unspecified atom stereocenters. The van der Waals surface area contributed by atoms with Crippen LogP contribution in [0.25, 0.3) is 16.3 Å².